The highest BCUT2D eigenvalue weighted by Crippen LogP contribution is 2.21. The van der Waals surface area contributed by atoms with Crippen molar-refractivity contribution in [2.45, 2.75) is 6.42 Å². The lowest BCUT2D eigenvalue weighted by Gasteiger charge is -2.07. The van der Waals surface area contributed by atoms with Crippen molar-refractivity contribution >= 4 is 37.8 Å². The summed E-state index contributed by atoms with van der Waals surface area (Å²) in [6.07, 6.45) is 0.287. The Morgan fingerprint density at radius 3 is 2.43 bits per heavy atom. The van der Waals surface area contributed by atoms with Gasteiger partial charge in [0.15, 0.2) is 10.3 Å². The fourth-order valence-corrected chi connectivity index (χ4v) is 2.74. The fraction of sp³-hybridized carbons (Fsp3) is 0.250. The molecule has 9 heteroatoms. The second-order valence-corrected chi connectivity index (χ2v) is 5.83. The van der Waals surface area contributed by atoms with Crippen LogP contribution < -0.4 is 21.9 Å². The van der Waals surface area contributed by atoms with Gasteiger partial charge in [0.1, 0.15) is 0 Å². The Balaban J connectivity index is 2.52. The topological polar surface area (TPSA) is 104 Å². The molecular formula is C12H18N6OS2. The zero-order valence-electron chi connectivity index (χ0n) is 11.8. The molecule has 0 aliphatic heterocycles. The van der Waals surface area contributed by atoms with E-state index in [1.807, 2.05) is 30.3 Å². The largest absolute Gasteiger partial charge is 0.376 e. The third kappa shape index (κ3) is 7.47. The van der Waals surface area contributed by atoms with Crippen LogP contribution in [0.3, 0.4) is 0 Å². The summed E-state index contributed by atoms with van der Waals surface area (Å²) in [6, 6.07) is 9.49. The van der Waals surface area contributed by atoms with Crippen molar-refractivity contribution in [1.29, 1.82) is 0 Å². The van der Waals surface area contributed by atoms with Gasteiger partial charge in [-0.25, -0.2) is 0 Å². The number of hydrogen-bond acceptors (Lipinski definition) is 7. The second kappa shape index (κ2) is 9.94. The Morgan fingerprint density at radius 2 is 1.81 bits per heavy atom. The number of rotatable bonds is 4. The number of nitrogens with zero attached hydrogens (tertiary/aromatic N) is 2. The molecule has 5 N–H and O–H groups in total. The van der Waals surface area contributed by atoms with Gasteiger partial charge in [-0.3, -0.25) is 4.79 Å². The first-order chi connectivity index (χ1) is 10.2. The minimum absolute atomic E-state index is 0.146. The molecule has 0 fully saturated rings. The fourth-order valence-electron chi connectivity index (χ4n) is 1.32. The van der Waals surface area contributed by atoms with Crippen molar-refractivity contribution in [3.63, 3.8) is 0 Å². The van der Waals surface area contributed by atoms with Gasteiger partial charge in [-0.05, 0) is 27.2 Å². The quantitative estimate of drug-likeness (QED) is 0.281. The minimum atomic E-state index is -0.146. The average Bonchev–Trinajstić information content (AvgIpc) is 2.46. The first-order valence-corrected chi connectivity index (χ1v) is 8.23. The maximum absolute atomic E-state index is 12.0. The van der Waals surface area contributed by atoms with Gasteiger partial charge in [0.05, 0.1) is 6.42 Å². The monoisotopic (exact) mass is 326 g/mol. The summed E-state index contributed by atoms with van der Waals surface area (Å²) in [5.41, 5.74) is 11.8. The number of amides is 1. The maximum Gasteiger partial charge on any atom is 0.230 e. The van der Waals surface area contributed by atoms with Crippen molar-refractivity contribution in [2.24, 2.45) is 15.9 Å². The van der Waals surface area contributed by atoms with E-state index in [2.05, 4.69) is 26.4 Å². The normalized spacial score (nSPS) is 11.9. The van der Waals surface area contributed by atoms with Crippen molar-refractivity contribution in [1.82, 2.24) is 16.2 Å². The molecular weight excluding hydrogens is 308 g/mol. The van der Waals surface area contributed by atoms with Crippen molar-refractivity contribution in [2.75, 3.05) is 14.1 Å². The number of hydrogen-bond donors (Lipinski definition) is 4. The van der Waals surface area contributed by atoms with Crippen molar-refractivity contribution in [3.8, 4) is 0 Å². The third-order valence-electron chi connectivity index (χ3n) is 2.10. The summed E-state index contributed by atoms with van der Waals surface area (Å²) < 4.78 is 0. The summed E-state index contributed by atoms with van der Waals surface area (Å²) in [7, 11) is 5.71. The molecule has 0 aliphatic rings. The number of carbonyl (C=O) groups excluding carboxylic acids is 1. The number of amidine groups is 2. The van der Waals surface area contributed by atoms with Crippen LogP contribution in [0.25, 0.3) is 0 Å². The predicted octanol–water partition coefficient (Wildman–Crippen LogP) is 0.666. The van der Waals surface area contributed by atoms with Crippen LogP contribution >= 0.6 is 21.6 Å². The van der Waals surface area contributed by atoms with Crippen LogP contribution in [0.5, 0.6) is 0 Å². The van der Waals surface area contributed by atoms with Gasteiger partial charge >= 0.3 is 0 Å². The van der Waals surface area contributed by atoms with E-state index < -0.39 is 0 Å². The molecule has 0 heterocycles. The van der Waals surface area contributed by atoms with Gasteiger partial charge in [0.2, 0.25) is 5.91 Å². The Morgan fingerprint density at radius 1 is 1.14 bits per heavy atom. The summed E-state index contributed by atoms with van der Waals surface area (Å²) in [6.45, 7) is 0. The molecule has 0 atom stereocenters. The van der Waals surface area contributed by atoms with E-state index in [-0.39, 0.29) is 12.3 Å². The number of hydrazone groups is 2. The van der Waals surface area contributed by atoms with Crippen LogP contribution in [0, 0.1) is 0 Å². The van der Waals surface area contributed by atoms with E-state index in [1.165, 1.54) is 21.6 Å². The Labute approximate surface area is 131 Å². The first kappa shape index (κ1) is 17.2. The highest BCUT2D eigenvalue weighted by atomic mass is 33.1. The Bertz CT molecular complexity index is 506. The molecule has 0 aromatic heterocycles. The summed E-state index contributed by atoms with van der Waals surface area (Å²) in [5, 5.41) is 11.3. The van der Waals surface area contributed by atoms with E-state index >= 15 is 0 Å². The standard InChI is InChI=1S/C12H18N6OS2/c1-14-17-11(13)20-21-12(18-15-2)16-10(19)8-9-6-4-3-5-7-9/h3-7,14-15H,8H2,1-2H3,(H2,13,17)(H,16,18,19). The molecule has 1 aromatic rings. The van der Waals surface area contributed by atoms with E-state index in [0.29, 0.717) is 10.3 Å². The molecule has 1 amide bonds. The second-order valence-electron chi connectivity index (χ2n) is 3.69. The molecule has 0 saturated heterocycles. The molecule has 7 nitrogen and oxygen atoms in total. The lowest BCUT2D eigenvalue weighted by molar-refractivity contribution is -0.119. The molecule has 0 aliphatic carbocycles. The predicted molar refractivity (Wildman–Crippen MR) is 90.6 cm³/mol. The number of nitrogens with one attached hydrogen (secondary N) is 3. The lowest BCUT2D eigenvalue weighted by atomic mass is 10.1. The number of nitrogens with two attached hydrogens (primary N) is 1. The van der Waals surface area contributed by atoms with E-state index in [4.69, 9.17) is 5.73 Å². The molecule has 1 rings (SSSR count). The molecule has 0 radical (unpaired) electrons. The molecule has 114 valence electrons. The van der Waals surface area contributed by atoms with Crippen molar-refractivity contribution in [3.05, 3.63) is 35.9 Å². The highest BCUT2D eigenvalue weighted by molar-refractivity contribution is 8.87. The van der Waals surface area contributed by atoms with Crippen LogP contribution in [-0.2, 0) is 11.2 Å². The lowest BCUT2D eigenvalue weighted by Crippen LogP contribution is -2.30. The Hall–Kier alpha value is -1.87. The molecule has 0 unspecified atom stereocenters. The van der Waals surface area contributed by atoms with Crippen LogP contribution in [0.4, 0.5) is 0 Å². The zero-order valence-corrected chi connectivity index (χ0v) is 13.4. The molecule has 21 heavy (non-hydrogen) atoms. The summed E-state index contributed by atoms with van der Waals surface area (Å²) >= 11 is 0. The van der Waals surface area contributed by atoms with Gasteiger partial charge in [0, 0.05) is 14.1 Å². The first-order valence-electron chi connectivity index (χ1n) is 6.08. The van der Waals surface area contributed by atoms with E-state index in [0.717, 1.165) is 5.56 Å². The highest BCUT2D eigenvalue weighted by Gasteiger charge is 2.09. The van der Waals surface area contributed by atoms with Crippen molar-refractivity contribution < 1.29 is 4.79 Å². The van der Waals surface area contributed by atoms with E-state index in [1.54, 1.807) is 14.1 Å². The number of carbonyl (C=O) groups is 1. The molecule has 0 spiro atoms. The van der Waals surface area contributed by atoms with Crippen LogP contribution in [0.15, 0.2) is 40.5 Å². The summed E-state index contributed by atoms with van der Waals surface area (Å²) in [5.74, 6) is -0.146. The van der Waals surface area contributed by atoms with Gasteiger partial charge in [-0.1, -0.05) is 30.3 Å². The Kier molecular flexibility index (Phi) is 8.14. The average molecular weight is 326 g/mol. The van der Waals surface area contributed by atoms with Crippen LogP contribution in [-0.4, -0.2) is 30.3 Å². The van der Waals surface area contributed by atoms with Gasteiger partial charge in [-0.15, -0.1) is 0 Å². The zero-order chi connectivity index (χ0) is 15.5. The third-order valence-corrected chi connectivity index (χ3v) is 4.03. The van der Waals surface area contributed by atoms with Gasteiger partial charge in [0.25, 0.3) is 0 Å². The number of benzene rings is 1. The molecule has 0 bridgehead atoms. The van der Waals surface area contributed by atoms with Gasteiger partial charge in [-0.2, -0.15) is 10.2 Å². The van der Waals surface area contributed by atoms with Crippen LogP contribution in [0.1, 0.15) is 5.56 Å². The van der Waals surface area contributed by atoms with Gasteiger partial charge < -0.3 is 21.9 Å². The smallest absolute Gasteiger partial charge is 0.230 e. The summed E-state index contributed by atoms with van der Waals surface area (Å²) in [4.78, 5) is 12.0. The maximum atomic E-state index is 12.0. The minimum Gasteiger partial charge on any atom is -0.376 e. The van der Waals surface area contributed by atoms with E-state index in [9.17, 15) is 4.79 Å². The van der Waals surface area contributed by atoms with Crippen LogP contribution in [0.2, 0.25) is 0 Å². The molecule has 0 saturated carbocycles. The molecule has 1 aromatic carbocycles. The SMILES string of the molecule is CN/N=C(/N)SS/C(=N\NC)NC(=O)Cc1ccccc1.